The van der Waals surface area contributed by atoms with Gasteiger partial charge < -0.3 is 119 Å². The van der Waals surface area contributed by atoms with Crippen molar-refractivity contribution >= 4 is 11.0 Å². The first-order valence-electron chi connectivity index (χ1n) is 19.9. The SMILES string of the molecule is C[C@@H]1O[C@@H](O[C@@H]2[C@H](Oc3cc(O)c4c(=O)cc(-c5ccc(O[C@H]6O[C@@H](CO)[C@H](O)[C@@H](O)[C@@H]6O[C@@H]6O[C@@H](CO)[C@H](O)[C@H](O)[C@@H]6O)c(O)c5)oc4c3)O[C@@H](CO)[C@H](O)[C@@H]2O)[C@@H](O)[C@@H](O)[C@H]1O. The second-order valence-corrected chi connectivity index (χ2v) is 15.7. The summed E-state index contributed by atoms with van der Waals surface area (Å²) < 4.78 is 51.0. The second-order valence-electron chi connectivity index (χ2n) is 15.7. The number of phenols is 2. The molecular weight excluding hydrogens is 868 g/mol. The zero-order valence-corrected chi connectivity index (χ0v) is 33.4. The summed E-state index contributed by atoms with van der Waals surface area (Å²) in [5.41, 5.74) is -1.04. The Morgan fingerprint density at radius 3 is 1.58 bits per heavy atom. The van der Waals surface area contributed by atoms with Gasteiger partial charge >= 0.3 is 0 Å². The number of aliphatic hydroxyl groups is 13. The van der Waals surface area contributed by atoms with Gasteiger partial charge in [0.15, 0.2) is 41.7 Å². The number of phenolic OH excluding ortho intramolecular Hbond substituents is 2. The van der Waals surface area contributed by atoms with Crippen LogP contribution in [-0.4, -0.2) is 219 Å². The number of ether oxygens (including phenoxy) is 8. The van der Waals surface area contributed by atoms with Crippen LogP contribution in [0.4, 0.5) is 0 Å². The summed E-state index contributed by atoms with van der Waals surface area (Å²) in [6.45, 7) is -1.08. The number of aromatic hydroxyl groups is 2. The number of rotatable bonds is 12. The monoisotopic (exact) mass is 918 g/mol. The molecule has 4 fully saturated rings. The molecule has 4 aliphatic heterocycles. The molecule has 4 aliphatic rings. The van der Waals surface area contributed by atoms with Crippen molar-refractivity contribution in [3.05, 3.63) is 46.6 Å². The highest BCUT2D eigenvalue weighted by atomic mass is 16.8. The molecule has 25 nitrogen and oxygen atoms in total. The lowest BCUT2D eigenvalue weighted by Crippen LogP contribution is -2.65. The quantitative estimate of drug-likeness (QED) is 0.0804. The van der Waals surface area contributed by atoms with Crippen LogP contribution >= 0.6 is 0 Å². The molecule has 4 saturated heterocycles. The fraction of sp³-hybridized carbons (Fsp3) is 0.615. The second kappa shape index (κ2) is 19.5. The lowest BCUT2D eigenvalue weighted by molar-refractivity contribution is -0.358. The molecule has 25 heteroatoms. The van der Waals surface area contributed by atoms with E-state index in [1.807, 2.05) is 0 Å². The summed E-state index contributed by atoms with van der Waals surface area (Å²) in [5.74, 6) is -2.15. The molecule has 15 N–H and O–H groups in total. The Hall–Kier alpha value is -3.91. The van der Waals surface area contributed by atoms with Gasteiger partial charge in [-0.05, 0) is 25.1 Å². The van der Waals surface area contributed by atoms with Crippen LogP contribution in [-0.2, 0) is 28.4 Å². The smallest absolute Gasteiger partial charge is 0.229 e. The van der Waals surface area contributed by atoms with Gasteiger partial charge in [0, 0.05) is 23.8 Å². The minimum Gasteiger partial charge on any atom is -0.507 e. The topological polar surface area (TPSA) is 408 Å². The van der Waals surface area contributed by atoms with Crippen molar-refractivity contribution in [1.82, 2.24) is 0 Å². The maximum Gasteiger partial charge on any atom is 0.229 e. The highest BCUT2D eigenvalue weighted by Gasteiger charge is 2.53. The molecule has 356 valence electrons. The molecule has 20 atom stereocenters. The maximum absolute atomic E-state index is 13.3. The van der Waals surface area contributed by atoms with E-state index in [9.17, 15) is 81.4 Å². The van der Waals surface area contributed by atoms with Gasteiger partial charge in [0.25, 0.3) is 0 Å². The van der Waals surface area contributed by atoms with Crippen molar-refractivity contribution in [2.75, 3.05) is 19.8 Å². The Labute approximate surface area is 360 Å². The van der Waals surface area contributed by atoms with Crippen LogP contribution in [0, 0.1) is 0 Å². The number of hydrogen-bond donors (Lipinski definition) is 15. The van der Waals surface area contributed by atoms with Gasteiger partial charge in [0.2, 0.25) is 12.6 Å². The number of fused-ring (bicyclic) bond motifs is 1. The molecule has 0 radical (unpaired) electrons. The van der Waals surface area contributed by atoms with Gasteiger partial charge in [0.05, 0.1) is 25.9 Å². The normalized spacial score (nSPS) is 40.6. The minimum atomic E-state index is -1.94. The standard InChI is InChI=1S/C39H50O25/c1-11-24(46)28(50)32(54)36(56-11)63-34-30(52)26(48)21(9-41)61-38(34)57-13-5-15(44)23-16(45)7-18(58-19(23)6-13)12-2-3-17(14(43)4-12)59-39-35(31(53)27(49)22(10-42)62-39)64-37-33(55)29(51)25(47)20(8-40)60-37/h2-7,11,20-22,24-44,46-55H,8-10H2,1H3/t11-,20-,21-,22-,24-,25-,26-,27-,28-,29-,30-,31+,32-,33-,34-,35-,36-,37-,38+,39-/m0/s1. The van der Waals surface area contributed by atoms with E-state index in [0.29, 0.717) is 0 Å². The van der Waals surface area contributed by atoms with Crippen LogP contribution in [0.25, 0.3) is 22.3 Å². The van der Waals surface area contributed by atoms with E-state index >= 15 is 0 Å². The van der Waals surface area contributed by atoms with Crippen molar-refractivity contribution in [3.8, 4) is 34.3 Å². The molecule has 0 amide bonds. The molecule has 5 heterocycles. The minimum absolute atomic E-state index is 0.0385. The number of aliphatic hydroxyl groups excluding tert-OH is 13. The summed E-state index contributed by atoms with van der Waals surface area (Å²) >= 11 is 0. The average molecular weight is 919 g/mol. The average Bonchev–Trinajstić information content (AvgIpc) is 3.26. The fourth-order valence-corrected chi connectivity index (χ4v) is 7.69. The summed E-state index contributed by atoms with van der Waals surface area (Å²) in [7, 11) is 0. The Bertz CT molecular complexity index is 2120. The summed E-state index contributed by atoms with van der Waals surface area (Å²) in [4.78, 5) is 13.3. The van der Waals surface area contributed by atoms with Crippen LogP contribution in [0.3, 0.4) is 0 Å². The lowest BCUT2D eigenvalue weighted by atomic mass is 9.97. The van der Waals surface area contributed by atoms with E-state index < -0.39 is 160 Å². The molecule has 7 rings (SSSR count). The molecular formula is C39H50O25. The predicted molar refractivity (Wildman–Crippen MR) is 204 cm³/mol. The Balaban J connectivity index is 1.13. The molecule has 0 aliphatic carbocycles. The van der Waals surface area contributed by atoms with Crippen LogP contribution in [0.1, 0.15) is 6.92 Å². The van der Waals surface area contributed by atoms with Crippen molar-refractivity contribution in [3.63, 3.8) is 0 Å². The molecule has 2 aromatic carbocycles. The van der Waals surface area contributed by atoms with Gasteiger partial charge in [-0.2, -0.15) is 0 Å². The van der Waals surface area contributed by atoms with E-state index in [1.54, 1.807) is 0 Å². The lowest BCUT2D eigenvalue weighted by Gasteiger charge is -2.45. The Morgan fingerprint density at radius 1 is 0.531 bits per heavy atom. The Kier molecular flexibility index (Phi) is 14.6. The van der Waals surface area contributed by atoms with Crippen LogP contribution < -0.4 is 14.9 Å². The maximum atomic E-state index is 13.3. The van der Waals surface area contributed by atoms with Crippen molar-refractivity contribution in [1.29, 1.82) is 0 Å². The van der Waals surface area contributed by atoms with Gasteiger partial charge in [-0.15, -0.1) is 0 Å². The first kappa shape index (κ1) is 48.0. The first-order valence-corrected chi connectivity index (χ1v) is 19.9. The molecule has 1 aromatic heterocycles. The highest BCUT2D eigenvalue weighted by Crippen LogP contribution is 2.39. The third-order valence-corrected chi connectivity index (χ3v) is 11.4. The van der Waals surface area contributed by atoms with Crippen LogP contribution in [0.5, 0.6) is 23.0 Å². The fourth-order valence-electron chi connectivity index (χ4n) is 7.69. The van der Waals surface area contributed by atoms with Crippen molar-refractivity contribution in [2.45, 2.75) is 130 Å². The molecule has 3 aromatic rings. The van der Waals surface area contributed by atoms with E-state index in [2.05, 4.69) is 0 Å². The highest BCUT2D eigenvalue weighted by molar-refractivity contribution is 5.86. The first-order chi connectivity index (χ1) is 30.4. The summed E-state index contributed by atoms with van der Waals surface area (Å²) in [6, 6.07) is 6.62. The van der Waals surface area contributed by atoms with E-state index in [-0.39, 0.29) is 33.8 Å². The van der Waals surface area contributed by atoms with E-state index in [1.165, 1.54) is 13.0 Å². The predicted octanol–water partition coefficient (Wildman–Crippen LogP) is -6.10. The third kappa shape index (κ3) is 9.25. The third-order valence-electron chi connectivity index (χ3n) is 11.4. The van der Waals surface area contributed by atoms with Gasteiger partial charge in [-0.3, -0.25) is 4.79 Å². The molecule has 0 bridgehead atoms. The van der Waals surface area contributed by atoms with E-state index in [0.717, 1.165) is 30.3 Å². The van der Waals surface area contributed by atoms with Crippen molar-refractivity contribution < 1.29 is 119 Å². The van der Waals surface area contributed by atoms with Gasteiger partial charge in [0.1, 0.15) is 108 Å². The molecule has 0 unspecified atom stereocenters. The number of hydrogen-bond acceptors (Lipinski definition) is 25. The largest absolute Gasteiger partial charge is 0.507 e. The molecule has 0 saturated carbocycles. The summed E-state index contributed by atoms with van der Waals surface area (Å²) in [6.07, 6.45) is -33.9. The molecule has 64 heavy (non-hydrogen) atoms. The van der Waals surface area contributed by atoms with Gasteiger partial charge in [-0.25, -0.2) is 0 Å². The Morgan fingerprint density at radius 2 is 1.03 bits per heavy atom. The zero-order chi connectivity index (χ0) is 46.5. The van der Waals surface area contributed by atoms with Crippen molar-refractivity contribution in [2.24, 2.45) is 0 Å². The summed E-state index contributed by atoms with van der Waals surface area (Å²) in [5, 5.41) is 156. The van der Waals surface area contributed by atoms with E-state index in [4.69, 9.17) is 42.3 Å². The number of benzene rings is 2. The zero-order valence-electron chi connectivity index (χ0n) is 33.4. The van der Waals surface area contributed by atoms with Crippen LogP contribution in [0.2, 0.25) is 0 Å². The molecule has 0 spiro atoms. The van der Waals surface area contributed by atoms with Gasteiger partial charge in [-0.1, -0.05) is 0 Å². The van der Waals surface area contributed by atoms with Crippen LogP contribution in [0.15, 0.2) is 45.6 Å².